The highest BCUT2D eigenvalue weighted by Crippen LogP contribution is 2.29. The molecule has 3 unspecified atom stereocenters. The smallest absolute Gasteiger partial charge is 0.256 e. The van der Waals surface area contributed by atoms with Gasteiger partial charge >= 0.3 is 0 Å². The maximum atomic E-state index is 12.6. The third kappa shape index (κ3) is 2.38. The number of carbonyl (C=O) groups is 1. The fourth-order valence-corrected chi connectivity index (χ4v) is 2.99. The van der Waals surface area contributed by atoms with Crippen molar-refractivity contribution in [2.75, 3.05) is 11.4 Å². The van der Waals surface area contributed by atoms with Gasteiger partial charge in [-0.05, 0) is 37.8 Å². The number of benzene rings is 1. The summed E-state index contributed by atoms with van der Waals surface area (Å²) < 4.78 is 5.69. The van der Waals surface area contributed by atoms with E-state index < -0.39 is 0 Å². The van der Waals surface area contributed by atoms with E-state index in [9.17, 15) is 4.79 Å². The predicted molar refractivity (Wildman–Crippen MR) is 74.0 cm³/mol. The Morgan fingerprint density at radius 1 is 1.37 bits per heavy atom. The Morgan fingerprint density at radius 3 is 2.89 bits per heavy atom. The summed E-state index contributed by atoms with van der Waals surface area (Å²) in [6.45, 7) is 2.60. The monoisotopic (exact) mass is 260 g/mol. The highest BCUT2D eigenvalue weighted by molar-refractivity contribution is 5.98. The summed E-state index contributed by atoms with van der Waals surface area (Å²) >= 11 is 0. The zero-order chi connectivity index (χ0) is 13.4. The second-order valence-corrected chi connectivity index (χ2v) is 5.55. The second-order valence-electron chi connectivity index (χ2n) is 5.55. The average Bonchev–Trinajstić information content (AvgIpc) is 2.83. The zero-order valence-electron chi connectivity index (χ0n) is 11.2. The molecular formula is C15H20N2O2. The minimum atomic E-state index is -0.298. The van der Waals surface area contributed by atoms with E-state index in [4.69, 9.17) is 10.5 Å². The van der Waals surface area contributed by atoms with Crippen LogP contribution in [0.15, 0.2) is 24.3 Å². The van der Waals surface area contributed by atoms with Crippen molar-refractivity contribution in [2.24, 2.45) is 5.73 Å². The normalized spacial score (nSPS) is 30.2. The number of nitrogens with two attached hydrogens (primary N) is 1. The van der Waals surface area contributed by atoms with Gasteiger partial charge in [0.15, 0.2) is 0 Å². The van der Waals surface area contributed by atoms with Crippen molar-refractivity contribution in [3.8, 4) is 0 Å². The van der Waals surface area contributed by atoms with Crippen LogP contribution in [0.25, 0.3) is 0 Å². The SMILES string of the molecule is CC1CCC(C(=O)N2CC(N)Cc3ccccc32)O1. The number of para-hydroxylation sites is 1. The van der Waals surface area contributed by atoms with Gasteiger partial charge in [-0.15, -0.1) is 0 Å². The summed E-state index contributed by atoms with van der Waals surface area (Å²) in [6.07, 6.45) is 2.49. The number of carbonyl (C=O) groups excluding carboxylic acids is 1. The van der Waals surface area contributed by atoms with Gasteiger partial charge in [-0.1, -0.05) is 18.2 Å². The minimum absolute atomic E-state index is 0.0117. The van der Waals surface area contributed by atoms with Gasteiger partial charge in [-0.25, -0.2) is 0 Å². The van der Waals surface area contributed by atoms with Crippen molar-refractivity contribution in [1.29, 1.82) is 0 Å². The molecule has 2 N–H and O–H groups in total. The summed E-state index contributed by atoms with van der Waals surface area (Å²) in [5, 5.41) is 0. The van der Waals surface area contributed by atoms with E-state index in [1.54, 1.807) is 0 Å². The number of rotatable bonds is 1. The van der Waals surface area contributed by atoms with Crippen LogP contribution in [0.2, 0.25) is 0 Å². The third-order valence-corrected chi connectivity index (χ3v) is 3.96. The van der Waals surface area contributed by atoms with E-state index in [-0.39, 0.29) is 24.2 Å². The van der Waals surface area contributed by atoms with E-state index in [0.29, 0.717) is 6.54 Å². The van der Waals surface area contributed by atoms with E-state index in [2.05, 4.69) is 0 Å². The van der Waals surface area contributed by atoms with Gasteiger partial charge < -0.3 is 15.4 Å². The Hall–Kier alpha value is -1.39. The Kier molecular flexibility index (Phi) is 3.29. The van der Waals surface area contributed by atoms with E-state index in [1.165, 1.54) is 0 Å². The summed E-state index contributed by atoms with van der Waals surface area (Å²) in [6, 6.07) is 8.02. The maximum absolute atomic E-state index is 12.6. The Balaban J connectivity index is 1.86. The molecule has 1 fully saturated rings. The molecule has 0 aromatic heterocycles. The molecule has 3 rings (SSSR count). The lowest BCUT2D eigenvalue weighted by atomic mass is 9.98. The zero-order valence-corrected chi connectivity index (χ0v) is 11.2. The molecule has 0 bridgehead atoms. The van der Waals surface area contributed by atoms with Crippen LogP contribution in [0.1, 0.15) is 25.3 Å². The molecule has 0 radical (unpaired) electrons. The molecule has 0 aliphatic carbocycles. The van der Waals surface area contributed by atoms with Crippen molar-refractivity contribution >= 4 is 11.6 Å². The topological polar surface area (TPSA) is 55.6 Å². The second kappa shape index (κ2) is 4.94. The van der Waals surface area contributed by atoms with Crippen molar-refractivity contribution in [3.05, 3.63) is 29.8 Å². The van der Waals surface area contributed by atoms with E-state index >= 15 is 0 Å². The van der Waals surface area contributed by atoms with Gasteiger partial charge in [0.25, 0.3) is 5.91 Å². The van der Waals surface area contributed by atoms with Crippen molar-refractivity contribution < 1.29 is 9.53 Å². The molecule has 2 aliphatic rings. The lowest BCUT2D eigenvalue weighted by molar-refractivity contribution is -0.129. The maximum Gasteiger partial charge on any atom is 0.256 e. The van der Waals surface area contributed by atoms with Crippen LogP contribution < -0.4 is 10.6 Å². The fourth-order valence-electron chi connectivity index (χ4n) is 2.99. The number of amides is 1. The van der Waals surface area contributed by atoms with Crippen molar-refractivity contribution in [3.63, 3.8) is 0 Å². The largest absolute Gasteiger partial charge is 0.365 e. The minimum Gasteiger partial charge on any atom is -0.365 e. The Bertz CT molecular complexity index is 489. The molecule has 0 spiro atoms. The first-order valence-corrected chi connectivity index (χ1v) is 6.95. The molecule has 102 valence electrons. The number of hydrogen-bond acceptors (Lipinski definition) is 3. The van der Waals surface area contributed by atoms with Gasteiger partial charge in [0, 0.05) is 18.3 Å². The van der Waals surface area contributed by atoms with E-state index in [0.717, 1.165) is 30.5 Å². The number of hydrogen-bond donors (Lipinski definition) is 1. The van der Waals surface area contributed by atoms with Crippen LogP contribution >= 0.6 is 0 Å². The molecule has 0 saturated carbocycles. The third-order valence-electron chi connectivity index (χ3n) is 3.96. The van der Waals surface area contributed by atoms with Crippen LogP contribution in [-0.4, -0.2) is 30.7 Å². The lowest BCUT2D eigenvalue weighted by Crippen LogP contribution is -2.49. The standard InChI is InChI=1S/C15H20N2O2/c1-10-6-7-14(19-10)15(18)17-9-12(16)8-11-4-2-3-5-13(11)17/h2-5,10,12,14H,6-9,16H2,1H3. The van der Waals surface area contributed by atoms with Crippen molar-refractivity contribution in [2.45, 2.75) is 44.4 Å². The molecule has 1 aromatic carbocycles. The number of fused-ring (bicyclic) bond motifs is 1. The first kappa shape index (κ1) is 12.6. The number of nitrogens with zero attached hydrogens (tertiary/aromatic N) is 1. The summed E-state index contributed by atoms with van der Waals surface area (Å²) in [5.41, 5.74) is 8.22. The fraction of sp³-hybridized carbons (Fsp3) is 0.533. The molecule has 4 heteroatoms. The quantitative estimate of drug-likeness (QED) is 0.832. The number of ether oxygens (including phenoxy) is 1. The van der Waals surface area contributed by atoms with Gasteiger partial charge in [-0.3, -0.25) is 4.79 Å². The van der Waals surface area contributed by atoms with Crippen LogP contribution in [0.3, 0.4) is 0 Å². The molecular weight excluding hydrogens is 240 g/mol. The first-order chi connectivity index (χ1) is 9.15. The highest BCUT2D eigenvalue weighted by atomic mass is 16.5. The Morgan fingerprint density at radius 2 is 2.16 bits per heavy atom. The molecule has 1 aromatic rings. The van der Waals surface area contributed by atoms with E-state index in [1.807, 2.05) is 36.1 Å². The van der Waals surface area contributed by atoms with Gasteiger partial charge in [-0.2, -0.15) is 0 Å². The molecule has 4 nitrogen and oxygen atoms in total. The van der Waals surface area contributed by atoms with Gasteiger partial charge in [0.2, 0.25) is 0 Å². The van der Waals surface area contributed by atoms with Crippen LogP contribution in [0.4, 0.5) is 5.69 Å². The predicted octanol–water partition coefficient (Wildman–Crippen LogP) is 1.47. The summed E-state index contributed by atoms with van der Waals surface area (Å²) in [4.78, 5) is 14.4. The summed E-state index contributed by atoms with van der Waals surface area (Å²) in [5.74, 6) is 0.0620. The summed E-state index contributed by atoms with van der Waals surface area (Å²) in [7, 11) is 0. The molecule has 1 amide bonds. The van der Waals surface area contributed by atoms with Crippen LogP contribution in [-0.2, 0) is 16.0 Å². The van der Waals surface area contributed by atoms with Gasteiger partial charge in [0.1, 0.15) is 6.10 Å². The van der Waals surface area contributed by atoms with Gasteiger partial charge in [0.05, 0.1) is 6.10 Å². The molecule has 1 saturated heterocycles. The molecule has 19 heavy (non-hydrogen) atoms. The molecule has 2 aliphatic heterocycles. The molecule has 3 atom stereocenters. The highest BCUT2D eigenvalue weighted by Gasteiger charge is 2.35. The van der Waals surface area contributed by atoms with Crippen LogP contribution in [0, 0.1) is 0 Å². The average molecular weight is 260 g/mol. The first-order valence-electron chi connectivity index (χ1n) is 6.95. The molecule has 2 heterocycles. The van der Waals surface area contributed by atoms with Crippen LogP contribution in [0.5, 0.6) is 0 Å². The van der Waals surface area contributed by atoms with Crippen molar-refractivity contribution in [1.82, 2.24) is 0 Å². The Labute approximate surface area is 113 Å². The number of anilines is 1. The lowest BCUT2D eigenvalue weighted by Gasteiger charge is -2.34.